The molecule has 0 aromatic heterocycles. The van der Waals surface area contributed by atoms with Crippen LogP contribution in [0.25, 0.3) is 0 Å². The third-order valence-electron chi connectivity index (χ3n) is 3.98. The monoisotopic (exact) mass is 302 g/mol. The molecule has 1 aliphatic rings. The summed E-state index contributed by atoms with van der Waals surface area (Å²) in [5.41, 5.74) is 5.98. The highest BCUT2D eigenvalue weighted by molar-refractivity contribution is 7.89. The van der Waals surface area contributed by atoms with Gasteiger partial charge in [-0.05, 0) is 31.4 Å². The number of nitrogen functional groups attached to an aromatic ring is 1. The van der Waals surface area contributed by atoms with Crippen LogP contribution in [-0.4, -0.2) is 37.0 Å². The largest absolute Gasteiger partial charge is 0.398 e. The lowest BCUT2D eigenvalue weighted by molar-refractivity contribution is 0.191. The quantitative estimate of drug-likeness (QED) is 0.819. The van der Waals surface area contributed by atoms with Crippen molar-refractivity contribution in [1.82, 2.24) is 4.31 Å². The van der Waals surface area contributed by atoms with E-state index in [-0.39, 0.29) is 28.7 Å². The summed E-state index contributed by atoms with van der Waals surface area (Å²) in [5.74, 6) is -0.571. The Morgan fingerprint density at radius 1 is 1.50 bits per heavy atom. The van der Waals surface area contributed by atoms with Crippen molar-refractivity contribution in [3.8, 4) is 0 Å². The Bertz CT molecular complexity index is 595. The molecule has 7 heteroatoms. The van der Waals surface area contributed by atoms with E-state index in [2.05, 4.69) is 0 Å². The Morgan fingerprint density at radius 2 is 2.15 bits per heavy atom. The van der Waals surface area contributed by atoms with E-state index in [9.17, 15) is 17.9 Å². The van der Waals surface area contributed by atoms with Crippen LogP contribution in [0, 0.1) is 18.7 Å². The standard InChI is InChI=1S/C13H19FN2O3S/c1-8-3-4-16(13(8)7-17)20(18,19)10-5-11(14)9(2)12(15)6-10/h5-6,8,13,17H,3-4,7,15H2,1-2H3. The summed E-state index contributed by atoms with van der Waals surface area (Å²) in [6, 6.07) is 1.79. The van der Waals surface area contributed by atoms with Crippen molar-refractivity contribution in [3.63, 3.8) is 0 Å². The molecule has 2 atom stereocenters. The molecule has 0 saturated carbocycles. The van der Waals surface area contributed by atoms with Gasteiger partial charge in [0.2, 0.25) is 10.0 Å². The zero-order chi connectivity index (χ0) is 15.1. The number of halogens is 1. The molecular weight excluding hydrogens is 283 g/mol. The lowest BCUT2D eigenvalue weighted by Crippen LogP contribution is -2.39. The van der Waals surface area contributed by atoms with Crippen LogP contribution in [0.2, 0.25) is 0 Å². The van der Waals surface area contributed by atoms with Gasteiger partial charge in [0.15, 0.2) is 0 Å². The van der Waals surface area contributed by atoms with Crippen molar-refractivity contribution in [1.29, 1.82) is 0 Å². The molecule has 5 nitrogen and oxygen atoms in total. The first-order valence-electron chi connectivity index (χ1n) is 6.47. The smallest absolute Gasteiger partial charge is 0.243 e. The SMILES string of the molecule is Cc1c(N)cc(S(=O)(=O)N2CCC(C)C2CO)cc1F. The zero-order valence-electron chi connectivity index (χ0n) is 11.5. The highest BCUT2D eigenvalue weighted by atomic mass is 32.2. The summed E-state index contributed by atoms with van der Waals surface area (Å²) in [6.07, 6.45) is 0.675. The second-order valence-electron chi connectivity index (χ2n) is 5.25. The normalized spacial score (nSPS) is 24.2. The molecule has 1 heterocycles. The van der Waals surface area contributed by atoms with E-state index in [4.69, 9.17) is 5.73 Å². The number of aliphatic hydroxyl groups excluding tert-OH is 1. The van der Waals surface area contributed by atoms with Crippen molar-refractivity contribution in [2.24, 2.45) is 5.92 Å². The van der Waals surface area contributed by atoms with Crippen molar-refractivity contribution >= 4 is 15.7 Å². The fourth-order valence-corrected chi connectivity index (χ4v) is 4.28. The maximum Gasteiger partial charge on any atom is 0.243 e. The molecule has 3 N–H and O–H groups in total. The zero-order valence-corrected chi connectivity index (χ0v) is 12.3. The summed E-state index contributed by atoms with van der Waals surface area (Å²) in [7, 11) is -3.84. The number of hydrogen-bond acceptors (Lipinski definition) is 4. The van der Waals surface area contributed by atoms with Gasteiger partial charge in [0.1, 0.15) is 5.82 Å². The van der Waals surface area contributed by atoms with E-state index in [0.29, 0.717) is 13.0 Å². The second kappa shape index (κ2) is 5.31. The van der Waals surface area contributed by atoms with Crippen LogP contribution >= 0.6 is 0 Å². The molecule has 1 saturated heterocycles. The van der Waals surface area contributed by atoms with Gasteiger partial charge in [-0.1, -0.05) is 6.92 Å². The lowest BCUT2D eigenvalue weighted by atomic mass is 10.0. The van der Waals surface area contributed by atoms with Gasteiger partial charge in [0.05, 0.1) is 17.5 Å². The first-order valence-corrected chi connectivity index (χ1v) is 7.91. The highest BCUT2D eigenvalue weighted by Gasteiger charge is 2.39. The number of nitrogens with zero attached hydrogens (tertiary/aromatic N) is 1. The Kier molecular flexibility index (Phi) is 4.04. The number of sulfonamides is 1. The van der Waals surface area contributed by atoms with Crippen LogP contribution in [0.3, 0.4) is 0 Å². The molecule has 2 unspecified atom stereocenters. The van der Waals surface area contributed by atoms with E-state index in [1.165, 1.54) is 17.3 Å². The van der Waals surface area contributed by atoms with Gasteiger partial charge in [-0.15, -0.1) is 0 Å². The van der Waals surface area contributed by atoms with Gasteiger partial charge in [0.25, 0.3) is 0 Å². The maximum atomic E-state index is 13.7. The summed E-state index contributed by atoms with van der Waals surface area (Å²) in [5, 5.41) is 9.37. The Labute approximate surface area is 118 Å². The fourth-order valence-electron chi connectivity index (χ4n) is 2.50. The predicted octanol–water partition coefficient (Wildman–Crippen LogP) is 1.11. The molecule has 1 aromatic rings. The van der Waals surface area contributed by atoms with E-state index < -0.39 is 21.9 Å². The van der Waals surface area contributed by atoms with Crippen LogP contribution in [-0.2, 0) is 10.0 Å². The van der Waals surface area contributed by atoms with Gasteiger partial charge in [-0.2, -0.15) is 4.31 Å². The summed E-state index contributed by atoms with van der Waals surface area (Å²) < 4.78 is 40.1. The Balaban J connectivity index is 2.46. The number of hydrogen-bond donors (Lipinski definition) is 2. The minimum atomic E-state index is -3.84. The molecule has 0 spiro atoms. The molecule has 112 valence electrons. The lowest BCUT2D eigenvalue weighted by Gasteiger charge is -2.24. The highest BCUT2D eigenvalue weighted by Crippen LogP contribution is 2.31. The van der Waals surface area contributed by atoms with Gasteiger partial charge in [0, 0.05) is 17.8 Å². The molecule has 20 heavy (non-hydrogen) atoms. The van der Waals surface area contributed by atoms with E-state index >= 15 is 0 Å². The van der Waals surface area contributed by atoms with Gasteiger partial charge >= 0.3 is 0 Å². The molecule has 1 fully saturated rings. The van der Waals surface area contributed by atoms with Crippen LogP contribution in [0.5, 0.6) is 0 Å². The van der Waals surface area contributed by atoms with Gasteiger partial charge in [-0.25, -0.2) is 12.8 Å². The molecule has 2 rings (SSSR count). The third kappa shape index (κ3) is 2.41. The first-order chi connectivity index (χ1) is 9.28. The van der Waals surface area contributed by atoms with Crippen LogP contribution in [0.15, 0.2) is 17.0 Å². The Morgan fingerprint density at radius 3 is 2.70 bits per heavy atom. The minimum absolute atomic E-state index is 0.0717. The first kappa shape index (κ1) is 15.2. The summed E-state index contributed by atoms with van der Waals surface area (Å²) in [6.45, 7) is 3.46. The van der Waals surface area contributed by atoms with Crippen molar-refractivity contribution in [3.05, 3.63) is 23.5 Å². The van der Waals surface area contributed by atoms with E-state index in [0.717, 1.165) is 6.07 Å². The Hall–Kier alpha value is -1.18. The third-order valence-corrected chi connectivity index (χ3v) is 5.89. The average molecular weight is 302 g/mol. The molecule has 0 bridgehead atoms. The number of benzene rings is 1. The molecule has 0 aliphatic carbocycles. The van der Waals surface area contributed by atoms with Crippen molar-refractivity contribution < 1.29 is 17.9 Å². The molecular formula is C13H19FN2O3S. The number of anilines is 1. The molecule has 0 radical (unpaired) electrons. The van der Waals surface area contributed by atoms with E-state index in [1.807, 2.05) is 6.92 Å². The van der Waals surface area contributed by atoms with Crippen LogP contribution in [0.1, 0.15) is 18.9 Å². The van der Waals surface area contributed by atoms with E-state index in [1.54, 1.807) is 0 Å². The number of rotatable bonds is 3. The topological polar surface area (TPSA) is 83.6 Å². The molecule has 1 aliphatic heterocycles. The van der Waals surface area contributed by atoms with Crippen LogP contribution in [0.4, 0.5) is 10.1 Å². The fraction of sp³-hybridized carbons (Fsp3) is 0.538. The molecule has 0 amide bonds. The second-order valence-corrected chi connectivity index (χ2v) is 7.14. The molecule has 1 aromatic carbocycles. The summed E-state index contributed by atoms with van der Waals surface area (Å²) in [4.78, 5) is -0.161. The number of aliphatic hydroxyl groups is 1. The number of nitrogens with two attached hydrogens (primary N) is 1. The van der Waals surface area contributed by atoms with Crippen molar-refractivity contribution in [2.75, 3.05) is 18.9 Å². The predicted molar refractivity (Wildman–Crippen MR) is 74.1 cm³/mol. The average Bonchev–Trinajstić information content (AvgIpc) is 2.77. The minimum Gasteiger partial charge on any atom is -0.398 e. The van der Waals surface area contributed by atoms with Crippen LogP contribution < -0.4 is 5.73 Å². The van der Waals surface area contributed by atoms with Gasteiger partial charge < -0.3 is 10.8 Å². The van der Waals surface area contributed by atoms with Gasteiger partial charge in [-0.3, -0.25) is 0 Å². The maximum absolute atomic E-state index is 13.7. The summed E-state index contributed by atoms with van der Waals surface area (Å²) >= 11 is 0. The van der Waals surface area contributed by atoms with Crippen molar-refractivity contribution in [2.45, 2.75) is 31.2 Å².